The molecule has 1 aromatic carbocycles. The van der Waals surface area contributed by atoms with Crippen LogP contribution in [-0.4, -0.2) is 12.7 Å². The number of rotatable bonds is 2. The highest BCUT2D eigenvalue weighted by Crippen LogP contribution is 2.31. The van der Waals surface area contributed by atoms with E-state index in [9.17, 15) is 0 Å². The van der Waals surface area contributed by atoms with Gasteiger partial charge in [-0.1, -0.05) is 18.2 Å². The molecular weight excluding hydrogens is 212 g/mol. The number of anilines is 1. The lowest BCUT2D eigenvalue weighted by Gasteiger charge is -2.34. The highest BCUT2D eigenvalue weighted by Gasteiger charge is 2.31. The molecule has 0 spiro atoms. The maximum atomic E-state index is 6.33. The van der Waals surface area contributed by atoms with Crippen LogP contribution in [0.4, 0.5) is 5.69 Å². The van der Waals surface area contributed by atoms with Crippen LogP contribution in [0.3, 0.4) is 0 Å². The van der Waals surface area contributed by atoms with Crippen LogP contribution < -0.4 is 22.5 Å². The van der Waals surface area contributed by atoms with Crippen LogP contribution in [-0.2, 0) is 0 Å². The first-order valence-corrected chi connectivity index (χ1v) is 5.56. The summed E-state index contributed by atoms with van der Waals surface area (Å²) in [5.74, 6) is 0. The van der Waals surface area contributed by atoms with Gasteiger partial charge < -0.3 is 17.2 Å². The molecule has 17 heavy (non-hydrogen) atoms. The molecule has 0 saturated heterocycles. The summed E-state index contributed by atoms with van der Waals surface area (Å²) >= 11 is 0. The molecule has 2 rings (SSSR count). The van der Waals surface area contributed by atoms with Crippen LogP contribution in [0.5, 0.6) is 0 Å². The first-order chi connectivity index (χ1) is 8.05. The Balaban J connectivity index is 2.45. The number of hydrogen-bond donors (Lipinski definition) is 4. The SMILES string of the molecule is CNC1(N)CC(N)=CC=C1c1ccc(N)cc1. The maximum Gasteiger partial charge on any atom is 0.0983 e. The molecule has 0 fully saturated rings. The van der Waals surface area contributed by atoms with Crippen molar-refractivity contribution in [2.75, 3.05) is 12.8 Å². The molecular formula is C13H18N4. The standard InChI is InChI=1S/C13H18N4/c1-17-13(16)8-11(15)6-7-12(13)9-2-4-10(14)5-3-9/h2-7,17H,8,14-16H2,1H3. The fraction of sp³-hybridized carbons (Fsp3) is 0.231. The van der Waals surface area contributed by atoms with Crippen molar-refractivity contribution in [3.05, 3.63) is 47.7 Å². The summed E-state index contributed by atoms with van der Waals surface area (Å²) in [4.78, 5) is 0. The van der Waals surface area contributed by atoms with Crippen molar-refractivity contribution in [3.63, 3.8) is 0 Å². The number of nitrogens with one attached hydrogen (secondary N) is 1. The Morgan fingerprint density at radius 2 is 1.76 bits per heavy atom. The summed E-state index contributed by atoms with van der Waals surface area (Å²) < 4.78 is 0. The Bertz CT molecular complexity index is 473. The third-order valence-electron chi connectivity index (χ3n) is 3.10. The van der Waals surface area contributed by atoms with Crippen molar-refractivity contribution >= 4 is 11.3 Å². The summed E-state index contributed by atoms with van der Waals surface area (Å²) in [6.07, 6.45) is 4.45. The van der Waals surface area contributed by atoms with Crippen LogP contribution in [0.15, 0.2) is 42.1 Å². The number of nitrogens with two attached hydrogens (primary N) is 3. The molecule has 0 heterocycles. The number of likely N-dealkylation sites (N-methyl/N-ethyl adjacent to an activating group) is 1. The van der Waals surface area contributed by atoms with E-state index in [0.717, 1.165) is 22.5 Å². The number of nitrogen functional groups attached to an aromatic ring is 1. The Labute approximate surface area is 101 Å². The predicted molar refractivity (Wildman–Crippen MR) is 71.7 cm³/mol. The van der Waals surface area contributed by atoms with Gasteiger partial charge in [-0.3, -0.25) is 5.32 Å². The van der Waals surface area contributed by atoms with E-state index in [1.165, 1.54) is 0 Å². The van der Waals surface area contributed by atoms with Crippen molar-refractivity contribution in [1.82, 2.24) is 5.32 Å². The van der Waals surface area contributed by atoms with Crippen LogP contribution in [0, 0.1) is 0 Å². The third kappa shape index (κ3) is 2.18. The molecule has 90 valence electrons. The molecule has 1 aliphatic carbocycles. The fourth-order valence-electron chi connectivity index (χ4n) is 2.05. The molecule has 0 bridgehead atoms. The summed E-state index contributed by atoms with van der Waals surface area (Å²) in [6.45, 7) is 0. The van der Waals surface area contributed by atoms with E-state index in [2.05, 4.69) is 5.32 Å². The Hall–Kier alpha value is -1.78. The van der Waals surface area contributed by atoms with E-state index in [0.29, 0.717) is 6.42 Å². The van der Waals surface area contributed by atoms with Gasteiger partial charge in [0.15, 0.2) is 0 Å². The molecule has 1 unspecified atom stereocenters. The largest absolute Gasteiger partial charge is 0.402 e. The summed E-state index contributed by atoms with van der Waals surface area (Å²) in [5, 5.41) is 3.13. The molecule has 0 amide bonds. The molecule has 1 aromatic rings. The predicted octanol–water partition coefficient (Wildman–Crippen LogP) is 0.773. The number of benzene rings is 1. The zero-order valence-corrected chi connectivity index (χ0v) is 9.90. The van der Waals surface area contributed by atoms with Gasteiger partial charge in [0.2, 0.25) is 0 Å². The minimum atomic E-state index is -0.616. The smallest absolute Gasteiger partial charge is 0.0983 e. The lowest BCUT2D eigenvalue weighted by atomic mass is 9.86. The number of hydrogen-bond acceptors (Lipinski definition) is 4. The minimum absolute atomic E-state index is 0.597. The first-order valence-electron chi connectivity index (χ1n) is 5.56. The molecule has 0 radical (unpaired) electrons. The molecule has 7 N–H and O–H groups in total. The van der Waals surface area contributed by atoms with E-state index < -0.39 is 5.66 Å². The van der Waals surface area contributed by atoms with Crippen LogP contribution in [0.2, 0.25) is 0 Å². The lowest BCUT2D eigenvalue weighted by Crippen LogP contribution is -2.54. The van der Waals surface area contributed by atoms with Gasteiger partial charge in [-0.25, -0.2) is 0 Å². The van der Waals surface area contributed by atoms with Gasteiger partial charge in [-0.05, 0) is 36.4 Å². The first kappa shape index (κ1) is 11.7. The van der Waals surface area contributed by atoms with E-state index in [4.69, 9.17) is 17.2 Å². The minimum Gasteiger partial charge on any atom is -0.402 e. The topological polar surface area (TPSA) is 90.1 Å². The average molecular weight is 230 g/mol. The van der Waals surface area contributed by atoms with Crippen LogP contribution in [0.25, 0.3) is 5.57 Å². The van der Waals surface area contributed by atoms with Crippen LogP contribution in [0.1, 0.15) is 12.0 Å². The normalized spacial score (nSPS) is 24.1. The molecule has 4 nitrogen and oxygen atoms in total. The van der Waals surface area contributed by atoms with E-state index >= 15 is 0 Å². The summed E-state index contributed by atoms with van der Waals surface area (Å²) in [6, 6.07) is 7.67. The second kappa shape index (κ2) is 4.24. The van der Waals surface area contributed by atoms with Crippen molar-refractivity contribution in [1.29, 1.82) is 0 Å². The summed E-state index contributed by atoms with van der Waals surface area (Å²) in [5.41, 5.74) is 20.8. The van der Waals surface area contributed by atoms with E-state index in [1.54, 1.807) is 0 Å². The molecule has 0 saturated carbocycles. The zero-order chi connectivity index (χ0) is 12.5. The molecule has 1 atom stereocenters. The van der Waals surface area contributed by atoms with Gasteiger partial charge in [-0.15, -0.1) is 0 Å². The van der Waals surface area contributed by atoms with Gasteiger partial charge in [0.25, 0.3) is 0 Å². The average Bonchev–Trinajstić information content (AvgIpc) is 2.31. The monoisotopic (exact) mass is 230 g/mol. The van der Waals surface area contributed by atoms with Crippen molar-refractivity contribution in [2.24, 2.45) is 11.5 Å². The lowest BCUT2D eigenvalue weighted by molar-refractivity contribution is 0.460. The van der Waals surface area contributed by atoms with Crippen molar-refractivity contribution in [3.8, 4) is 0 Å². The molecule has 0 aliphatic heterocycles. The Morgan fingerprint density at radius 1 is 1.12 bits per heavy atom. The maximum absolute atomic E-state index is 6.33. The van der Waals surface area contributed by atoms with E-state index in [1.807, 2.05) is 43.5 Å². The van der Waals surface area contributed by atoms with E-state index in [-0.39, 0.29) is 0 Å². The second-order valence-electron chi connectivity index (χ2n) is 4.34. The second-order valence-corrected chi connectivity index (χ2v) is 4.34. The van der Waals surface area contributed by atoms with Crippen molar-refractivity contribution < 1.29 is 0 Å². The third-order valence-corrected chi connectivity index (χ3v) is 3.10. The Morgan fingerprint density at radius 3 is 2.35 bits per heavy atom. The van der Waals surface area contributed by atoms with Gasteiger partial charge in [-0.2, -0.15) is 0 Å². The quantitative estimate of drug-likeness (QED) is 0.446. The molecule has 4 heteroatoms. The summed E-state index contributed by atoms with van der Waals surface area (Å²) in [7, 11) is 1.84. The fourth-order valence-corrected chi connectivity index (χ4v) is 2.05. The Kier molecular flexibility index (Phi) is 2.92. The molecule has 1 aliphatic rings. The van der Waals surface area contributed by atoms with Gasteiger partial charge in [0.1, 0.15) is 0 Å². The van der Waals surface area contributed by atoms with Crippen molar-refractivity contribution in [2.45, 2.75) is 12.1 Å². The van der Waals surface area contributed by atoms with Gasteiger partial charge in [0.05, 0.1) is 5.66 Å². The highest BCUT2D eigenvalue weighted by atomic mass is 15.1. The number of allylic oxidation sites excluding steroid dienone is 2. The van der Waals surface area contributed by atoms with Crippen LogP contribution >= 0.6 is 0 Å². The zero-order valence-electron chi connectivity index (χ0n) is 9.90. The molecule has 0 aromatic heterocycles. The highest BCUT2D eigenvalue weighted by molar-refractivity contribution is 5.76. The van der Waals surface area contributed by atoms with Gasteiger partial charge >= 0.3 is 0 Å². The van der Waals surface area contributed by atoms with Gasteiger partial charge in [0, 0.05) is 17.8 Å².